The van der Waals surface area contributed by atoms with Crippen LogP contribution >= 0.6 is 0 Å². The maximum absolute atomic E-state index is 2.36. The Balaban J connectivity index is 2.18. The van der Waals surface area contributed by atoms with Gasteiger partial charge < -0.3 is 0 Å². The summed E-state index contributed by atoms with van der Waals surface area (Å²) in [6, 6.07) is 0. The van der Waals surface area contributed by atoms with Crippen LogP contribution in [0.2, 0.25) is 0 Å². The topological polar surface area (TPSA) is 0 Å². The Morgan fingerprint density at radius 2 is 1.62 bits per heavy atom. The summed E-state index contributed by atoms with van der Waals surface area (Å²) in [4.78, 5) is 0. The van der Waals surface area contributed by atoms with Gasteiger partial charge >= 0.3 is 0 Å². The van der Waals surface area contributed by atoms with E-state index >= 15 is 0 Å². The van der Waals surface area contributed by atoms with E-state index in [1.165, 1.54) is 57.8 Å². The molecule has 0 aromatic heterocycles. The first-order chi connectivity index (χ1) is 7.83. The van der Waals surface area contributed by atoms with E-state index in [4.69, 9.17) is 0 Å². The second-order valence-corrected chi connectivity index (χ2v) is 5.85. The van der Waals surface area contributed by atoms with Crippen LogP contribution in [0.5, 0.6) is 0 Å². The van der Waals surface area contributed by atoms with Gasteiger partial charge in [0.25, 0.3) is 0 Å². The molecule has 0 saturated heterocycles. The lowest BCUT2D eigenvalue weighted by molar-refractivity contribution is 0.355. The van der Waals surface area contributed by atoms with E-state index < -0.39 is 0 Å². The molecule has 16 heavy (non-hydrogen) atoms. The van der Waals surface area contributed by atoms with Gasteiger partial charge in [0.2, 0.25) is 0 Å². The SMILES string of the molecule is CCCCCC(CCC)C1CC1CCCC. The zero-order valence-corrected chi connectivity index (χ0v) is 11.8. The average molecular weight is 224 g/mol. The van der Waals surface area contributed by atoms with Crippen LogP contribution in [-0.4, -0.2) is 0 Å². The van der Waals surface area contributed by atoms with Crippen molar-refractivity contribution >= 4 is 0 Å². The fraction of sp³-hybridized carbons (Fsp3) is 1.00. The first-order valence-corrected chi connectivity index (χ1v) is 7.83. The third kappa shape index (κ3) is 4.89. The Morgan fingerprint density at radius 1 is 0.875 bits per heavy atom. The molecule has 0 N–H and O–H groups in total. The van der Waals surface area contributed by atoms with Crippen molar-refractivity contribution in [2.75, 3.05) is 0 Å². The Labute approximate surface area is 103 Å². The van der Waals surface area contributed by atoms with Crippen molar-refractivity contribution in [2.24, 2.45) is 17.8 Å². The molecule has 96 valence electrons. The lowest BCUT2D eigenvalue weighted by Gasteiger charge is -2.16. The van der Waals surface area contributed by atoms with Gasteiger partial charge in [0.15, 0.2) is 0 Å². The largest absolute Gasteiger partial charge is 0.0654 e. The van der Waals surface area contributed by atoms with Crippen LogP contribution in [0.25, 0.3) is 0 Å². The van der Waals surface area contributed by atoms with Crippen molar-refractivity contribution in [1.82, 2.24) is 0 Å². The molecule has 0 heteroatoms. The van der Waals surface area contributed by atoms with Gasteiger partial charge in [-0.05, 0) is 24.2 Å². The highest BCUT2D eigenvalue weighted by Crippen LogP contribution is 2.50. The molecule has 0 radical (unpaired) electrons. The first kappa shape index (κ1) is 14.1. The fourth-order valence-corrected chi connectivity index (χ4v) is 3.25. The fourth-order valence-electron chi connectivity index (χ4n) is 3.25. The monoisotopic (exact) mass is 224 g/mol. The summed E-state index contributed by atoms with van der Waals surface area (Å²) >= 11 is 0. The van der Waals surface area contributed by atoms with Crippen molar-refractivity contribution in [3.8, 4) is 0 Å². The highest BCUT2D eigenvalue weighted by molar-refractivity contribution is 4.90. The molecule has 0 amide bonds. The van der Waals surface area contributed by atoms with Crippen molar-refractivity contribution in [3.05, 3.63) is 0 Å². The molecule has 3 unspecified atom stereocenters. The second kappa shape index (κ2) is 8.14. The van der Waals surface area contributed by atoms with Gasteiger partial charge in [0, 0.05) is 0 Å². The van der Waals surface area contributed by atoms with E-state index in [1.54, 1.807) is 6.42 Å². The summed E-state index contributed by atoms with van der Waals surface area (Å²) in [7, 11) is 0. The molecule has 1 saturated carbocycles. The molecule has 1 aliphatic rings. The minimum atomic E-state index is 1.08. The van der Waals surface area contributed by atoms with Crippen molar-refractivity contribution in [2.45, 2.75) is 85.0 Å². The standard InChI is InChI=1S/C16H32/c1-4-7-9-12-14(10-6-3)16-13-15(16)11-8-5-2/h14-16H,4-13H2,1-3H3. The van der Waals surface area contributed by atoms with E-state index in [0.717, 1.165) is 17.8 Å². The quantitative estimate of drug-likeness (QED) is 0.411. The number of unbranched alkanes of at least 4 members (excludes halogenated alkanes) is 3. The zero-order valence-electron chi connectivity index (χ0n) is 11.8. The van der Waals surface area contributed by atoms with Gasteiger partial charge in [-0.2, -0.15) is 0 Å². The van der Waals surface area contributed by atoms with Gasteiger partial charge in [0.05, 0.1) is 0 Å². The summed E-state index contributed by atoms with van der Waals surface area (Å²) in [5, 5.41) is 0. The molecular formula is C16H32. The summed E-state index contributed by atoms with van der Waals surface area (Å²) in [6.45, 7) is 6.99. The highest BCUT2D eigenvalue weighted by Gasteiger charge is 2.40. The van der Waals surface area contributed by atoms with Gasteiger partial charge in [-0.25, -0.2) is 0 Å². The molecule has 3 atom stereocenters. The maximum Gasteiger partial charge on any atom is -0.0355 e. The maximum atomic E-state index is 2.36. The predicted molar refractivity (Wildman–Crippen MR) is 73.7 cm³/mol. The van der Waals surface area contributed by atoms with Crippen LogP contribution in [0.3, 0.4) is 0 Å². The molecule has 1 fully saturated rings. The van der Waals surface area contributed by atoms with Crippen LogP contribution in [0.1, 0.15) is 85.0 Å². The Hall–Kier alpha value is 0. The molecule has 1 aliphatic carbocycles. The van der Waals surface area contributed by atoms with E-state index in [9.17, 15) is 0 Å². The van der Waals surface area contributed by atoms with Crippen LogP contribution in [0.15, 0.2) is 0 Å². The molecule has 0 aromatic rings. The molecular weight excluding hydrogens is 192 g/mol. The molecule has 0 nitrogen and oxygen atoms in total. The van der Waals surface area contributed by atoms with E-state index in [0.29, 0.717) is 0 Å². The summed E-state index contributed by atoms with van der Waals surface area (Å²) in [6.07, 6.45) is 14.7. The van der Waals surface area contributed by atoms with Crippen molar-refractivity contribution in [3.63, 3.8) is 0 Å². The van der Waals surface area contributed by atoms with Crippen LogP contribution in [0.4, 0.5) is 0 Å². The highest BCUT2D eigenvalue weighted by atomic mass is 14.5. The van der Waals surface area contributed by atoms with Gasteiger partial charge in [0.1, 0.15) is 0 Å². The number of rotatable bonds is 10. The first-order valence-electron chi connectivity index (χ1n) is 7.83. The molecule has 0 aromatic carbocycles. The summed E-state index contributed by atoms with van der Waals surface area (Å²) < 4.78 is 0. The lowest BCUT2D eigenvalue weighted by atomic mass is 9.90. The van der Waals surface area contributed by atoms with Gasteiger partial charge in [-0.3, -0.25) is 0 Å². The molecule has 0 heterocycles. The second-order valence-electron chi connectivity index (χ2n) is 5.85. The predicted octanol–water partition coefficient (Wildman–Crippen LogP) is 5.81. The van der Waals surface area contributed by atoms with Crippen LogP contribution < -0.4 is 0 Å². The third-order valence-corrected chi connectivity index (χ3v) is 4.35. The number of hydrogen-bond donors (Lipinski definition) is 0. The zero-order chi connectivity index (χ0) is 11.8. The lowest BCUT2D eigenvalue weighted by Crippen LogP contribution is -2.04. The Kier molecular flexibility index (Phi) is 7.16. The molecule has 1 rings (SSSR count). The van der Waals surface area contributed by atoms with E-state index in [-0.39, 0.29) is 0 Å². The van der Waals surface area contributed by atoms with Gasteiger partial charge in [-0.15, -0.1) is 0 Å². The summed E-state index contributed by atoms with van der Waals surface area (Å²) in [5.41, 5.74) is 0. The minimum absolute atomic E-state index is 1.08. The molecule has 0 aliphatic heterocycles. The van der Waals surface area contributed by atoms with Gasteiger partial charge in [-0.1, -0.05) is 78.6 Å². The molecule has 0 spiro atoms. The Morgan fingerprint density at radius 3 is 2.25 bits per heavy atom. The third-order valence-electron chi connectivity index (χ3n) is 4.35. The Bertz CT molecular complexity index is 161. The number of hydrogen-bond acceptors (Lipinski definition) is 0. The minimum Gasteiger partial charge on any atom is -0.0654 e. The van der Waals surface area contributed by atoms with Crippen LogP contribution in [0, 0.1) is 17.8 Å². The van der Waals surface area contributed by atoms with Crippen molar-refractivity contribution < 1.29 is 0 Å². The average Bonchev–Trinajstić information content (AvgIpc) is 3.05. The van der Waals surface area contributed by atoms with E-state index in [1.807, 2.05) is 0 Å². The van der Waals surface area contributed by atoms with Crippen LogP contribution in [-0.2, 0) is 0 Å². The van der Waals surface area contributed by atoms with E-state index in [2.05, 4.69) is 20.8 Å². The summed E-state index contributed by atoms with van der Waals surface area (Å²) in [5.74, 6) is 3.33. The molecule has 0 bridgehead atoms. The normalized spacial score (nSPS) is 25.7. The smallest absolute Gasteiger partial charge is 0.0355 e. The van der Waals surface area contributed by atoms with Crippen molar-refractivity contribution in [1.29, 1.82) is 0 Å².